The molecule has 2 rings (SSSR count). The van der Waals surface area contributed by atoms with Crippen molar-refractivity contribution in [2.24, 2.45) is 13.0 Å². The molecule has 1 aromatic rings. The molecule has 1 aliphatic rings. The summed E-state index contributed by atoms with van der Waals surface area (Å²) in [6, 6.07) is 0.530. The highest BCUT2D eigenvalue weighted by atomic mass is 16.5. The molecule has 0 aliphatic carbocycles. The first-order chi connectivity index (χ1) is 8.59. The van der Waals surface area contributed by atoms with Gasteiger partial charge in [0.2, 0.25) is 0 Å². The Labute approximate surface area is 110 Å². The van der Waals surface area contributed by atoms with Gasteiger partial charge in [0.15, 0.2) is 0 Å². The monoisotopic (exact) mass is 251 g/mol. The molecule has 1 fully saturated rings. The van der Waals surface area contributed by atoms with E-state index < -0.39 is 0 Å². The highest BCUT2D eigenvalue weighted by molar-refractivity contribution is 5.20. The Bertz CT molecular complexity index is 386. The zero-order valence-electron chi connectivity index (χ0n) is 11.9. The van der Waals surface area contributed by atoms with E-state index in [4.69, 9.17) is 4.74 Å². The van der Waals surface area contributed by atoms with Crippen molar-refractivity contribution in [3.63, 3.8) is 0 Å². The van der Waals surface area contributed by atoms with Crippen LogP contribution < -0.4 is 5.32 Å². The summed E-state index contributed by atoms with van der Waals surface area (Å²) in [5.41, 5.74) is 2.48. The highest BCUT2D eigenvalue weighted by Crippen LogP contribution is 2.34. The number of hydrogen-bond acceptors (Lipinski definition) is 3. The Morgan fingerprint density at radius 3 is 2.94 bits per heavy atom. The van der Waals surface area contributed by atoms with Crippen molar-refractivity contribution >= 4 is 0 Å². The molecule has 0 aromatic carbocycles. The number of aryl methyl sites for hydroxylation is 1. The van der Waals surface area contributed by atoms with E-state index in [2.05, 4.69) is 31.2 Å². The van der Waals surface area contributed by atoms with E-state index in [9.17, 15) is 0 Å². The zero-order valence-corrected chi connectivity index (χ0v) is 11.9. The first kappa shape index (κ1) is 13.6. The van der Waals surface area contributed by atoms with Crippen molar-refractivity contribution < 1.29 is 4.74 Å². The maximum Gasteiger partial charge on any atom is 0.0898 e. The third kappa shape index (κ3) is 2.93. The van der Waals surface area contributed by atoms with E-state index in [0.29, 0.717) is 12.0 Å². The van der Waals surface area contributed by atoms with Gasteiger partial charge in [-0.2, -0.15) is 5.10 Å². The van der Waals surface area contributed by atoms with Crippen molar-refractivity contribution in [3.8, 4) is 0 Å². The van der Waals surface area contributed by atoms with Gasteiger partial charge >= 0.3 is 0 Å². The summed E-state index contributed by atoms with van der Waals surface area (Å²) in [6.45, 7) is 8.39. The van der Waals surface area contributed by atoms with Crippen LogP contribution in [0.5, 0.6) is 0 Å². The Kier molecular flexibility index (Phi) is 4.40. The van der Waals surface area contributed by atoms with E-state index >= 15 is 0 Å². The van der Waals surface area contributed by atoms with Crippen LogP contribution in [-0.4, -0.2) is 29.0 Å². The van der Waals surface area contributed by atoms with Gasteiger partial charge in [0.25, 0.3) is 0 Å². The Morgan fingerprint density at radius 1 is 1.56 bits per heavy atom. The van der Waals surface area contributed by atoms with Crippen molar-refractivity contribution in [1.29, 1.82) is 0 Å². The van der Waals surface area contributed by atoms with Crippen LogP contribution in [0.4, 0.5) is 0 Å². The van der Waals surface area contributed by atoms with Crippen LogP contribution in [0.1, 0.15) is 44.1 Å². The number of nitrogens with one attached hydrogen (secondary N) is 1. The van der Waals surface area contributed by atoms with Crippen molar-refractivity contribution in [3.05, 3.63) is 17.5 Å². The molecule has 0 radical (unpaired) electrons. The van der Waals surface area contributed by atoms with Crippen molar-refractivity contribution in [1.82, 2.24) is 15.1 Å². The fraction of sp³-hybridized carbons (Fsp3) is 0.786. The summed E-state index contributed by atoms with van der Waals surface area (Å²) >= 11 is 0. The average molecular weight is 251 g/mol. The Hall–Kier alpha value is -0.870. The van der Waals surface area contributed by atoms with Gasteiger partial charge in [0.1, 0.15) is 0 Å². The second kappa shape index (κ2) is 5.85. The minimum Gasteiger partial charge on any atom is -0.373 e. The van der Waals surface area contributed by atoms with Crippen molar-refractivity contribution in [2.75, 3.05) is 13.2 Å². The Balaban J connectivity index is 2.10. The molecule has 0 spiro atoms. The SMILES string of the molecule is Cc1c(C2OCCCC2CNC(C)C)cnn1C. The molecular weight excluding hydrogens is 226 g/mol. The topological polar surface area (TPSA) is 39.1 Å². The van der Waals surface area contributed by atoms with E-state index in [-0.39, 0.29) is 6.10 Å². The second-order valence-corrected chi connectivity index (χ2v) is 5.57. The molecule has 102 valence electrons. The fourth-order valence-corrected chi connectivity index (χ4v) is 2.58. The lowest BCUT2D eigenvalue weighted by molar-refractivity contribution is -0.0286. The number of ether oxygens (including phenoxy) is 1. The predicted octanol–water partition coefficient (Wildman–Crippen LogP) is 2.19. The van der Waals surface area contributed by atoms with Gasteiger partial charge in [0.05, 0.1) is 12.3 Å². The molecule has 1 aliphatic heterocycles. The van der Waals surface area contributed by atoms with Gasteiger partial charge in [-0.15, -0.1) is 0 Å². The molecule has 1 N–H and O–H groups in total. The average Bonchev–Trinajstić information content (AvgIpc) is 2.68. The van der Waals surface area contributed by atoms with Crippen LogP contribution in [0.2, 0.25) is 0 Å². The van der Waals surface area contributed by atoms with Crippen LogP contribution in [0.15, 0.2) is 6.20 Å². The maximum absolute atomic E-state index is 6.01. The Morgan fingerprint density at radius 2 is 2.33 bits per heavy atom. The number of rotatable bonds is 4. The zero-order chi connectivity index (χ0) is 13.1. The van der Waals surface area contributed by atoms with Gasteiger partial charge in [-0.25, -0.2) is 0 Å². The molecule has 18 heavy (non-hydrogen) atoms. The second-order valence-electron chi connectivity index (χ2n) is 5.57. The van der Waals surface area contributed by atoms with E-state index in [0.717, 1.165) is 13.2 Å². The lowest BCUT2D eigenvalue weighted by Gasteiger charge is -2.32. The molecule has 2 unspecified atom stereocenters. The van der Waals surface area contributed by atoms with Crippen LogP contribution in [0.25, 0.3) is 0 Å². The number of nitrogens with zero attached hydrogens (tertiary/aromatic N) is 2. The maximum atomic E-state index is 6.01. The molecule has 0 amide bonds. The summed E-state index contributed by atoms with van der Waals surface area (Å²) in [4.78, 5) is 0. The minimum absolute atomic E-state index is 0.207. The lowest BCUT2D eigenvalue weighted by Crippen LogP contribution is -2.35. The van der Waals surface area contributed by atoms with Crippen LogP contribution in [-0.2, 0) is 11.8 Å². The summed E-state index contributed by atoms with van der Waals surface area (Å²) in [5, 5.41) is 7.87. The van der Waals surface area contributed by atoms with Crippen LogP contribution in [0, 0.1) is 12.8 Å². The van der Waals surface area contributed by atoms with Gasteiger partial charge in [-0.05, 0) is 19.8 Å². The summed E-state index contributed by atoms with van der Waals surface area (Å²) in [5.74, 6) is 0.559. The minimum atomic E-state index is 0.207. The van der Waals surface area contributed by atoms with E-state index in [1.807, 2.05) is 17.9 Å². The molecule has 1 aromatic heterocycles. The first-order valence-corrected chi connectivity index (χ1v) is 6.93. The van der Waals surface area contributed by atoms with E-state index in [1.165, 1.54) is 24.1 Å². The third-order valence-corrected chi connectivity index (χ3v) is 3.81. The summed E-state index contributed by atoms with van der Waals surface area (Å²) in [6.07, 6.45) is 4.57. The molecular formula is C14H25N3O. The normalized spacial score (nSPS) is 24.7. The molecule has 4 nitrogen and oxygen atoms in total. The highest BCUT2D eigenvalue weighted by Gasteiger charge is 2.29. The molecule has 0 bridgehead atoms. The smallest absolute Gasteiger partial charge is 0.0898 e. The number of hydrogen-bond donors (Lipinski definition) is 1. The fourth-order valence-electron chi connectivity index (χ4n) is 2.58. The molecule has 0 saturated carbocycles. The molecule has 1 saturated heterocycles. The molecule has 2 heterocycles. The summed E-state index contributed by atoms with van der Waals surface area (Å²) < 4.78 is 7.94. The number of aromatic nitrogens is 2. The van der Waals surface area contributed by atoms with Gasteiger partial charge in [0, 0.05) is 43.4 Å². The van der Waals surface area contributed by atoms with E-state index in [1.54, 1.807) is 0 Å². The lowest BCUT2D eigenvalue weighted by atomic mass is 9.89. The molecule has 2 atom stereocenters. The van der Waals surface area contributed by atoms with Crippen LogP contribution >= 0.6 is 0 Å². The molecule has 4 heteroatoms. The van der Waals surface area contributed by atoms with Gasteiger partial charge in [-0.3, -0.25) is 4.68 Å². The standard InChI is InChI=1S/C14H25N3O/c1-10(2)15-8-12-6-5-7-18-14(12)13-9-16-17(4)11(13)3/h9-10,12,14-15H,5-8H2,1-4H3. The first-order valence-electron chi connectivity index (χ1n) is 6.93. The largest absolute Gasteiger partial charge is 0.373 e. The van der Waals surface area contributed by atoms with Crippen molar-refractivity contribution in [2.45, 2.75) is 45.8 Å². The van der Waals surface area contributed by atoms with Crippen LogP contribution in [0.3, 0.4) is 0 Å². The van der Waals surface area contributed by atoms with Gasteiger partial charge < -0.3 is 10.1 Å². The van der Waals surface area contributed by atoms with Gasteiger partial charge in [-0.1, -0.05) is 13.8 Å². The third-order valence-electron chi connectivity index (χ3n) is 3.81. The quantitative estimate of drug-likeness (QED) is 0.891. The summed E-state index contributed by atoms with van der Waals surface area (Å²) in [7, 11) is 1.99. The predicted molar refractivity (Wildman–Crippen MR) is 72.5 cm³/mol.